The molecule has 0 aliphatic carbocycles. The summed E-state index contributed by atoms with van der Waals surface area (Å²) in [6, 6.07) is 6.61. The molecule has 106 valence electrons. The molecule has 1 rings (SSSR count). The van der Waals surface area contributed by atoms with Crippen molar-refractivity contribution in [2.75, 3.05) is 11.9 Å². The summed E-state index contributed by atoms with van der Waals surface area (Å²) in [5.74, 6) is -2.92. The van der Waals surface area contributed by atoms with Crippen molar-refractivity contribution in [2.45, 2.75) is 37.0 Å². The fraction of sp³-hybridized carbons (Fsp3) is 0.462. The average Bonchev–Trinajstić information content (AvgIpc) is 2.24. The number of alkyl halides is 2. The number of carbonyl (C=O) groups excluding carboxylic acids is 1. The van der Waals surface area contributed by atoms with Crippen molar-refractivity contribution < 1.29 is 18.3 Å². The molecule has 0 bridgehead atoms. The van der Waals surface area contributed by atoms with E-state index in [1.165, 1.54) is 0 Å². The van der Waals surface area contributed by atoms with E-state index in [-0.39, 0.29) is 6.54 Å². The first-order chi connectivity index (χ1) is 8.78. The lowest BCUT2D eigenvalue weighted by atomic mass is 10.2. The summed E-state index contributed by atoms with van der Waals surface area (Å²) in [4.78, 5) is 11.9. The highest BCUT2D eigenvalue weighted by molar-refractivity contribution is 7.99. The molecule has 1 aromatic carbocycles. The number of para-hydroxylation sites is 1. The maximum Gasteiger partial charge on any atom is 0.325 e. The van der Waals surface area contributed by atoms with E-state index in [1.807, 2.05) is 0 Å². The van der Waals surface area contributed by atoms with Crippen LogP contribution in [0.5, 0.6) is 0 Å². The predicted octanol–water partition coefficient (Wildman–Crippen LogP) is 3.75. The van der Waals surface area contributed by atoms with Crippen LogP contribution in [0.1, 0.15) is 20.8 Å². The van der Waals surface area contributed by atoms with Gasteiger partial charge in [-0.15, -0.1) is 0 Å². The SMILES string of the molecule is CC(C)(C)OC(=O)CNc1ccccc1SC(F)F. The van der Waals surface area contributed by atoms with Crippen LogP contribution in [0.15, 0.2) is 29.2 Å². The van der Waals surface area contributed by atoms with E-state index < -0.39 is 17.3 Å². The van der Waals surface area contributed by atoms with Crippen LogP contribution in [0.2, 0.25) is 0 Å². The number of hydrogen-bond acceptors (Lipinski definition) is 4. The molecule has 0 unspecified atom stereocenters. The van der Waals surface area contributed by atoms with Gasteiger partial charge in [0.05, 0.1) is 0 Å². The van der Waals surface area contributed by atoms with Crippen LogP contribution in [0.3, 0.4) is 0 Å². The Morgan fingerprint density at radius 1 is 1.37 bits per heavy atom. The highest BCUT2D eigenvalue weighted by atomic mass is 32.2. The van der Waals surface area contributed by atoms with E-state index in [2.05, 4.69) is 5.32 Å². The lowest BCUT2D eigenvalue weighted by Gasteiger charge is -2.20. The lowest BCUT2D eigenvalue weighted by molar-refractivity contribution is -0.152. The molecule has 0 spiro atoms. The molecule has 6 heteroatoms. The van der Waals surface area contributed by atoms with Crippen LogP contribution < -0.4 is 5.32 Å². The van der Waals surface area contributed by atoms with Gasteiger partial charge in [0.2, 0.25) is 0 Å². The first kappa shape index (κ1) is 15.8. The van der Waals surface area contributed by atoms with Gasteiger partial charge in [-0.3, -0.25) is 4.79 Å². The molecular formula is C13H17F2NO2S. The molecule has 0 atom stereocenters. The Morgan fingerprint density at radius 2 is 2.00 bits per heavy atom. The van der Waals surface area contributed by atoms with E-state index in [9.17, 15) is 13.6 Å². The van der Waals surface area contributed by atoms with E-state index >= 15 is 0 Å². The number of thioether (sulfide) groups is 1. The summed E-state index contributed by atoms with van der Waals surface area (Å²) in [5.41, 5.74) is -0.0608. The van der Waals surface area contributed by atoms with Crippen molar-refractivity contribution in [1.82, 2.24) is 0 Å². The van der Waals surface area contributed by atoms with Gasteiger partial charge in [0.1, 0.15) is 12.1 Å². The maximum atomic E-state index is 12.4. The molecule has 19 heavy (non-hydrogen) atoms. The van der Waals surface area contributed by atoms with E-state index in [4.69, 9.17) is 4.74 Å². The Bertz CT molecular complexity index is 433. The third-order valence-electron chi connectivity index (χ3n) is 1.95. The summed E-state index contributed by atoms with van der Waals surface area (Å²) in [6.07, 6.45) is 0. The summed E-state index contributed by atoms with van der Waals surface area (Å²) in [7, 11) is 0. The van der Waals surface area contributed by atoms with Crippen molar-refractivity contribution in [2.24, 2.45) is 0 Å². The van der Waals surface area contributed by atoms with E-state index in [0.717, 1.165) is 0 Å². The van der Waals surface area contributed by atoms with Crippen molar-refractivity contribution >= 4 is 23.4 Å². The largest absolute Gasteiger partial charge is 0.459 e. The van der Waals surface area contributed by atoms with Crippen molar-refractivity contribution in [3.8, 4) is 0 Å². The fourth-order valence-corrected chi connectivity index (χ4v) is 1.97. The second-order valence-corrected chi connectivity index (χ2v) is 5.85. The summed E-state index contributed by atoms with van der Waals surface area (Å²) < 4.78 is 29.9. The third kappa shape index (κ3) is 6.42. The van der Waals surface area contributed by atoms with Gasteiger partial charge in [0, 0.05) is 10.6 Å². The highest BCUT2D eigenvalue weighted by Crippen LogP contribution is 2.31. The normalized spacial score (nSPS) is 11.5. The van der Waals surface area contributed by atoms with Crippen LogP contribution >= 0.6 is 11.8 Å². The summed E-state index contributed by atoms with van der Waals surface area (Å²) >= 11 is 0.442. The van der Waals surface area contributed by atoms with Gasteiger partial charge in [-0.1, -0.05) is 23.9 Å². The number of anilines is 1. The molecule has 0 aliphatic rings. The van der Waals surface area contributed by atoms with Crippen LogP contribution in [0.4, 0.5) is 14.5 Å². The minimum Gasteiger partial charge on any atom is -0.459 e. The Kier molecular flexibility index (Phi) is 5.60. The Balaban J connectivity index is 2.60. The Labute approximate surface area is 115 Å². The molecule has 0 saturated carbocycles. The number of nitrogens with one attached hydrogen (secondary N) is 1. The van der Waals surface area contributed by atoms with Crippen LogP contribution in [0, 0.1) is 0 Å². The standard InChI is InChI=1S/C13H17F2NO2S/c1-13(2,3)18-11(17)8-16-9-6-4-5-7-10(9)19-12(14)15/h4-7,12,16H,8H2,1-3H3. The van der Waals surface area contributed by atoms with Gasteiger partial charge < -0.3 is 10.1 Å². The predicted molar refractivity (Wildman–Crippen MR) is 72.6 cm³/mol. The topological polar surface area (TPSA) is 38.3 Å². The van der Waals surface area contributed by atoms with Crippen molar-refractivity contribution in [3.63, 3.8) is 0 Å². The Hall–Kier alpha value is -1.30. The zero-order valence-corrected chi connectivity index (χ0v) is 11.9. The van der Waals surface area contributed by atoms with Crippen LogP contribution in [-0.4, -0.2) is 23.9 Å². The van der Waals surface area contributed by atoms with Gasteiger partial charge >= 0.3 is 5.97 Å². The molecular weight excluding hydrogens is 272 g/mol. The molecule has 0 aromatic heterocycles. The number of benzene rings is 1. The first-order valence-corrected chi connectivity index (χ1v) is 6.65. The van der Waals surface area contributed by atoms with Crippen molar-refractivity contribution in [1.29, 1.82) is 0 Å². The third-order valence-corrected chi connectivity index (χ3v) is 2.73. The number of esters is 1. The van der Waals surface area contributed by atoms with Gasteiger partial charge in [0.15, 0.2) is 0 Å². The fourth-order valence-electron chi connectivity index (χ4n) is 1.36. The first-order valence-electron chi connectivity index (χ1n) is 5.77. The van der Waals surface area contributed by atoms with Gasteiger partial charge in [-0.05, 0) is 32.9 Å². The summed E-state index contributed by atoms with van der Waals surface area (Å²) in [5, 5.41) is 2.81. The molecule has 1 aromatic rings. The number of carbonyl (C=O) groups is 1. The number of ether oxygens (including phenoxy) is 1. The Morgan fingerprint density at radius 3 is 2.58 bits per heavy atom. The molecule has 0 heterocycles. The lowest BCUT2D eigenvalue weighted by Crippen LogP contribution is -2.28. The zero-order chi connectivity index (χ0) is 14.5. The molecule has 0 radical (unpaired) electrons. The number of halogens is 2. The monoisotopic (exact) mass is 289 g/mol. The second-order valence-electron chi connectivity index (χ2n) is 4.81. The highest BCUT2D eigenvalue weighted by Gasteiger charge is 2.16. The molecule has 1 N–H and O–H groups in total. The van der Waals surface area contributed by atoms with Crippen molar-refractivity contribution in [3.05, 3.63) is 24.3 Å². The van der Waals surface area contributed by atoms with Crippen LogP contribution in [0.25, 0.3) is 0 Å². The zero-order valence-electron chi connectivity index (χ0n) is 11.1. The van der Waals surface area contributed by atoms with E-state index in [1.54, 1.807) is 45.0 Å². The molecule has 0 amide bonds. The quantitative estimate of drug-likeness (QED) is 0.661. The minimum absolute atomic E-state index is 0.0575. The molecule has 3 nitrogen and oxygen atoms in total. The minimum atomic E-state index is -2.50. The molecule has 0 saturated heterocycles. The second kappa shape index (κ2) is 6.75. The van der Waals surface area contributed by atoms with Gasteiger partial charge in [0.25, 0.3) is 5.76 Å². The average molecular weight is 289 g/mol. The van der Waals surface area contributed by atoms with Gasteiger partial charge in [-0.25, -0.2) is 0 Å². The maximum absolute atomic E-state index is 12.4. The summed E-state index contributed by atoms with van der Waals surface area (Å²) in [6.45, 7) is 5.25. The van der Waals surface area contributed by atoms with Gasteiger partial charge in [-0.2, -0.15) is 8.78 Å². The molecule has 0 fully saturated rings. The number of hydrogen-bond donors (Lipinski definition) is 1. The smallest absolute Gasteiger partial charge is 0.325 e. The van der Waals surface area contributed by atoms with E-state index in [0.29, 0.717) is 22.3 Å². The molecule has 0 aliphatic heterocycles. The van der Waals surface area contributed by atoms with Crippen LogP contribution in [-0.2, 0) is 9.53 Å². The number of rotatable bonds is 5.